The average Bonchev–Trinajstić information content (AvgIpc) is 2.86. The molecule has 0 aliphatic carbocycles. The molecule has 0 saturated carbocycles. The molecule has 3 N–H and O–H groups in total. The highest BCUT2D eigenvalue weighted by Crippen LogP contribution is 2.30. The van der Waals surface area contributed by atoms with Crippen LogP contribution in [0.25, 0.3) is 11.4 Å². The molecule has 1 heterocycles. The molecule has 7 nitrogen and oxygen atoms in total. The maximum atomic E-state index is 12.2. The van der Waals surface area contributed by atoms with E-state index in [4.69, 9.17) is 10.6 Å². The topological polar surface area (TPSA) is 95.1 Å². The molecule has 0 spiro atoms. The monoisotopic (exact) mass is 349 g/mol. The minimum atomic E-state index is -0.346. The van der Waals surface area contributed by atoms with E-state index in [1.54, 1.807) is 7.11 Å². The predicted molar refractivity (Wildman–Crippen MR) is 95.4 cm³/mol. The fourth-order valence-corrected chi connectivity index (χ4v) is 2.82. The summed E-state index contributed by atoms with van der Waals surface area (Å²) in [5, 5.41) is 11.3. The molecule has 1 aromatic carbocycles. The summed E-state index contributed by atoms with van der Waals surface area (Å²) >= 11 is 1.26. The number of rotatable bonds is 5. The van der Waals surface area contributed by atoms with Gasteiger partial charge in [0.1, 0.15) is 5.75 Å². The zero-order valence-electron chi connectivity index (χ0n) is 14.5. The number of amides is 1. The Labute approximate surface area is 145 Å². The third kappa shape index (κ3) is 4.19. The summed E-state index contributed by atoms with van der Waals surface area (Å²) in [4.78, 5) is 12.2. The predicted octanol–water partition coefficient (Wildman–Crippen LogP) is 2.06. The van der Waals surface area contributed by atoms with E-state index in [1.807, 2.05) is 52.0 Å². The van der Waals surface area contributed by atoms with E-state index in [-0.39, 0.29) is 16.7 Å². The molecule has 1 atom stereocenters. The summed E-state index contributed by atoms with van der Waals surface area (Å²) in [7, 11) is 1.59. The molecule has 2 rings (SSSR count). The van der Waals surface area contributed by atoms with E-state index in [0.717, 1.165) is 5.56 Å². The molecular weight excluding hydrogens is 326 g/mol. The molecule has 0 aliphatic rings. The molecule has 1 unspecified atom stereocenters. The molecule has 1 aromatic heterocycles. The Bertz CT molecular complexity index is 723. The molecule has 0 radical (unpaired) electrons. The van der Waals surface area contributed by atoms with Crippen LogP contribution in [-0.2, 0) is 4.79 Å². The van der Waals surface area contributed by atoms with Gasteiger partial charge < -0.3 is 15.9 Å². The SMILES string of the molecule is COc1ccccc1-c1nnc(SC(C)C(=O)NC(C)(C)C)n1N. The van der Waals surface area contributed by atoms with Crippen LogP contribution < -0.4 is 15.9 Å². The Balaban J connectivity index is 2.20. The Morgan fingerprint density at radius 3 is 2.62 bits per heavy atom. The number of aromatic nitrogens is 3. The van der Waals surface area contributed by atoms with Crippen molar-refractivity contribution in [3.05, 3.63) is 24.3 Å². The molecule has 0 saturated heterocycles. The molecular formula is C16H23N5O2S. The Morgan fingerprint density at radius 1 is 1.33 bits per heavy atom. The second-order valence-corrected chi connectivity index (χ2v) is 7.68. The Morgan fingerprint density at radius 2 is 2.00 bits per heavy atom. The third-order valence-electron chi connectivity index (χ3n) is 3.16. The molecule has 24 heavy (non-hydrogen) atoms. The fourth-order valence-electron chi connectivity index (χ4n) is 2.05. The van der Waals surface area contributed by atoms with Gasteiger partial charge in [0.05, 0.1) is 17.9 Å². The fraction of sp³-hybridized carbons (Fsp3) is 0.438. The van der Waals surface area contributed by atoms with Gasteiger partial charge in [-0.05, 0) is 39.8 Å². The first kappa shape index (κ1) is 18.1. The minimum Gasteiger partial charge on any atom is -0.496 e. The zero-order valence-corrected chi connectivity index (χ0v) is 15.3. The lowest BCUT2D eigenvalue weighted by atomic mass is 10.1. The Hall–Kier alpha value is -2.22. The molecule has 1 amide bonds. The number of nitrogens with zero attached hydrogens (tertiary/aromatic N) is 3. The summed E-state index contributed by atoms with van der Waals surface area (Å²) in [6, 6.07) is 7.43. The zero-order chi connectivity index (χ0) is 17.9. The first-order valence-corrected chi connectivity index (χ1v) is 8.43. The van der Waals surface area contributed by atoms with E-state index in [9.17, 15) is 4.79 Å². The maximum absolute atomic E-state index is 12.2. The summed E-state index contributed by atoms with van der Waals surface area (Å²) in [6.45, 7) is 7.62. The first-order valence-electron chi connectivity index (χ1n) is 7.55. The van der Waals surface area contributed by atoms with Crippen LogP contribution in [0.1, 0.15) is 27.7 Å². The lowest BCUT2D eigenvalue weighted by Gasteiger charge is -2.22. The van der Waals surface area contributed by atoms with Gasteiger partial charge in [-0.2, -0.15) is 0 Å². The number of para-hydroxylation sites is 1. The van der Waals surface area contributed by atoms with E-state index in [0.29, 0.717) is 16.7 Å². The number of hydrogen-bond acceptors (Lipinski definition) is 6. The van der Waals surface area contributed by atoms with Crippen LogP contribution >= 0.6 is 11.8 Å². The highest BCUT2D eigenvalue weighted by molar-refractivity contribution is 8.00. The number of nitrogens with two attached hydrogens (primary N) is 1. The quantitative estimate of drug-likeness (QED) is 0.634. The lowest BCUT2D eigenvalue weighted by Crippen LogP contribution is -2.44. The van der Waals surface area contributed by atoms with Crippen LogP contribution in [0, 0.1) is 0 Å². The number of methoxy groups -OCH3 is 1. The number of hydrogen-bond donors (Lipinski definition) is 2. The van der Waals surface area contributed by atoms with Crippen LogP contribution in [-0.4, -0.2) is 38.7 Å². The number of thioether (sulfide) groups is 1. The molecule has 130 valence electrons. The van der Waals surface area contributed by atoms with Gasteiger partial charge in [-0.15, -0.1) is 10.2 Å². The Kier molecular flexibility index (Phi) is 5.38. The lowest BCUT2D eigenvalue weighted by molar-refractivity contribution is -0.121. The van der Waals surface area contributed by atoms with Crippen LogP contribution in [0.5, 0.6) is 5.75 Å². The smallest absolute Gasteiger partial charge is 0.233 e. The van der Waals surface area contributed by atoms with Crippen molar-refractivity contribution in [2.45, 2.75) is 43.6 Å². The average molecular weight is 349 g/mol. The van der Waals surface area contributed by atoms with Crippen molar-refractivity contribution in [2.24, 2.45) is 0 Å². The van der Waals surface area contributed by atoms with Gasteiger partial charge in [-0.3, -0.25) is 4.79 Å². The van der Waals surface area contributed by atoms with E-state index in [1.165, 1.54) is 16.4 Å². The van der Waals surface area contributed by atoms with E-state index in [2.05, 4.69) is 15.5 Å². The van der Waals surface area contributed by atoms with Crippen molar-refractivity contribution >= 4 is 17.7 Å². The molecule has 8 heteroatoms. The number of nitrogen functional groups attached to an aromatic ring is 1. The number of carbonyl (C=O) groups is 1. The van der Waals surface area contributed by atoms with Crippen molar-refractivity contribution < 1.29 is 9.53 Å². The van der Waals surface area contributed by atoms with Gasteiger partial charge in [0, 0.05) is 5.54 Å². The van der Waals surface area contributed by atoms with Gasteiger partial charge in [-0.25, -0.2) is 4.68 Å². The number of ether oxygens (including phenoxy) is 1. The van der Waals surface area contributed by atoms with Crippen molar-refractivity contribution in [3.63, 3.8) is 0 Å². The standard InChI is InChI=1S/C16H23N5O2S/c1-10(14(22)18-16(2,3)4)24-15-20-19-13(21(15)17)11-8-6-7-9-12(11)23-5/h6-10H,17H2,1-5H3,(H,18,22). The molecule has 2 aromatic rings. The maximum Gasteiger partial charge on any atom is 0.233 e. The van der Waals surface area contributed by atoms with E-state index < -0.39 is 0 Å². The van der Waals surface area contributed by atoms with Gasteiger partial charge in [0.2, 0.25) is 11.1 Å². The minimum absolute atomic E-state index is 0.0747. The van der Waals surface area contributed by atoms with Crippen molar-refractivity contribution in [2.75, 3.05) is 13.0 Å². The third-order valence-corrected chi connectivity index (χ3v) is 4.22. The molecule has 0 aliphatic heterocycles. The van der Waals surface area contributed by atoms with Crippen molar-refractivity contribution in [1.82, 2.24) is 20.2 Å². The summed E-state index contributed by atoms with van der Waals surface area (Å²) in [6.07, 6.45) is 0. The van der Waals surface area contributed by atoms with Crippen LogP contribution in [0.2, 0.25) is 0 Å². The summed E-state index contributed by atoms with van der Waals surface area (Å²) in [5.41, 5.74) is 0.457. The van der Waals surface area contributed by atoms with Gasteiger partial charge >= 0.3 is 0 Å². The van der Waals surface area contributed by atoms with Gasteiger partial charge in [0.15, 0.2) is 5.82 Å². The number of nitrogens with one attached hydrogen (secondary N) is 1. The normalized spacial score (nSPS) is 12.7. The molecule has 0 fully saturated rings. The second kappa shape index (κ2) is 7.12. The largest absolute Gasteiger partial charge is 0.496 e. The molecule has 0 bridgehead atoms. The van der Waals surface area contributed by atoms with Gasteiger partial charge in [0.25, 0.3) is 0 Å². The summed E-state index contributed by atoms with van der Waals surface area (Å²) < 4.78 is 6.71. The first-order chi connectivity index (χ1) is 11.2. The highest BCUT2D eigenvalue weighted by Gasteiger charge is 2.23. The highest BCUT2D eigenvalue weighted by atomic mass is 32.2. The van der Waals surface area contributed by atoms with Crippen LogP contribution in [0.3, 0.4) is 0 Å². The van der Waals surface area contributed by atoms with Gasteiger partial charge in [-0.1, -0.05) is 23.9 Å². The van der Waals surface area contributed by atoms with Crippen LogP contribution in [0.15, 0.2) is 29.4 Å². The number of benzene rings is 1. The summed E-state index contributed by atoms with van der Waals surface area (Å²) in [5.74, 6) is 7.19. The number of carbonyl (C=O) groups excluding carboxylic acids is 1. The van der Waals surface area contributed by atoms with E-state index >= 15 is 0 Å². The second-order valence-electron chi connectivity index (χ2n) is 6.38. The van der Waals surface area contributed by atoms with Crippen molar-refractivity contribution in [3.8, 4) is 17.1 Å². The van der Waals surface area contributed by atoms with Crippen LogP contribution in [0.4, 0.5) is 0 Å². The van der Waals surface area contributed by atoms with Crippen molar-refractivity contribution in [1.29, 1.82) is 0 Å².